The zero-order valence-corrected chi connectivity index (χ0v) is 10.6. The predicted molar refractivity (Wildman–Crippen MR) is 64.1 cm³/mol. The average molecular weight is 271 g/mol. The van der Waals surface area contributed by atoms with Crippen LogP contribution in [0.2, 0.25) is 0 Å². The largest absolute Gasteiger partial charge is 0.493 e. The molecule has 0 saturated carbocycles. The topological polar surface area (TPSA) is 25.8 Å². The van der Waals surface area contributed by atoms with E-state index in [0.29, 0.717) is 6.04 Å². The highest BCUT2D eigenvalue weighted by Gasteiger charge is 2.23. The van der Waals surface area contributed by atoms with Crippen LogP contribution in [0.25, 0.3) is 0 Å². The molecule has 1 heterocycles. The molecule has 1 fully saturated rings. The van der Waals surface area contributed by atoms with E-state index in [0.717, 1.165) is 16.8 Å². The number of nitrogens with two attached hydrogens (primary N) is 1. The van der Waals surface area contributed by atoms with E-state index in [1.54, 1.807) is 0 Å². The van der Waals surface area contributed by atoms with Crippen molar-refractivity contribution in [1.29, 1.82) is 0 Å². The fourth-order valence-corrected chi connectivity index (χ4v) is 2.53. The Labute approximate surface area is 99.1 Å². The summed E-state index contributed by atoms with van der Waals surface area (Å²) >= 11 is 3.53. The Kier molecular flexibility index (Phi) is 3.65. The van der Waals surface area contributed by atoms with Gasteiger partial charge in [-0.05, 0) is 25.1 Å². The van der Waals surface area contributed by atoms with Crippen LogP contribution in [0.4, 0.5) is 0 Å². The maximum Gasteiger partial charge on any atom is 0.128 e. The molecular weight excluding hydrogens is 254 g/mol. The Bertz CT molecular complexity index is 334. The molecule has 2 nitrogen and oxygen atoms in total. The third kappa shape index (κ3) is 2.52. The summed E-state index contributed by atoms with van der Waals surface area (Å²) in [6.07, 6.45) is 2.57. The van der Waals surface area contributed by atoms with E-state index in [-0.39, 0.29) is 0 Å². The molecule has 1 aliphatic heterocycles. The second-order valence-electron chi connectivity index (χ2n) is 3.89. The first-order valence-corrected chi connectivity index (χ1v) is 6.36. The molecule has 1 aromatic rings. The molecule has 15 heavy (non-hydrogen) atoms. The molecular formula is C12H17BrNO+. The summed E-state index contributed by atoms with van der Waals surface area (Å²) in [7, 11) is 0. The summed E-state index contributed by atoms with van der Waals surface area (Å²) in [5.74, 6) is 1.05. The van der Waals surface area contributed by atoms with Crippen molar-refractivity contribution in [3.8, 4) is 5.75 Å². The van der Waals surface area contributed by atoms with Gasteiger partial charge in [0.15, 0.2) is 0 Å². The van der Waals surface area contributed by atoms with Gasteiger partial charge in [0.1, 0.15) is 11.8 Å². The van der Waals surface area contributed by atoms with Crippen molar-refractivity contribution in [3.05, 3.63) is 28.2 Å². The molecule has 3 heteroatoms. The lowest BCUT2D eigenvalue weighted by molar-refractivity contribution is -0.676. The Balaban J connectivity index is 2.28. The van der Waals surface area contributed by atoms with Gasteiger partial charge in [-0.3, -0.25) is 0 Å². The minimum Gasteiger partial charge on any atom is -0.493 e. The number of benzene rings is 1. The highest BCUT2D eigenvalue weighted by Crippen LogP contribution is 2.30. The molecule has 0 aromatic heterocycles. The summed E-state index contributed by atoms with van der Waals surface area (Å²) in [6, 6.07) is 6.89. The minimum atomic E-state index is 0.587. The molecule has 0 amide bonds. The predicted octanol–water partition coefficient (Wildman–Crippen LogP) is 2.25. The lowest BCUT2D eigenvalue weighted by atomic mass is 10.0. The second kappa shape index (κ2) is 4.99. The molecule has 1 aliphatic rings. The fourth-order valence-electron chi connectivity index (χ4n) is 2.15. The number of rotatable bonds is 3. The number of hydrogen-bond acceptors (Lipinski definition) is 1. The average Bonchev–Trinajstić information content (AvgIpc) is 2.74. The van der Waals surface area contributed by atoms with Gasteiger partial charge in [0.05, 0.1) is 18.7 Å². The molecule has 0 aliphatic carbocycles. The van der Waals surface area contributed by atoms with Crippen molar-refractivity contribution >= 4 is 15.9 Å². The molecule has 1 saturated heterocycles. The van der Waals surface area contributed by atoms with Crippen molar-refractivity contribution in [1.82, 2.24) is 0 Å². The van der Waals surface area contributed by atoms with Crippen molar-refractivity contribution in [2.45, 2.75) is 25.8 Å². The lowest BCUT2D eigenvalue weighted by Gasteiger charge is -2.13. The van der Waals surface area contributed by atoms with E-state index < -0.39 is 0 Å². The van der Waals surface area contributed by atoms with Gasteiger partial charge in [0.25, 0.3) is 0 Å². The quantitative estimate of drug-likeness (QED) is 0.896. The monoisotopic (exact) mass is 270 g/mol. The molecule has 2 N–H and O–H groups in total. The molecule has 0 bridgehead atoms. The first-order valence-electron chi connectivity index (χ1n) is 5.57. The fraction of sp³-hybridized carbons (Fsp3) is 0.500. The van der Waals surface area contributed by atoms with E-state index in [1.165, 1.54) is 24.9 Å². The summed E-state index contributed by atoms with van der Waals surface area (Å²) in [4.78, 5) is 0. The maximum atomic E-state index is 5.66. The van der Waals surface area contributed by atoms with Crippen LogP contribution in [0.3, 0.4) is 0 Å². The standard InChI is InChI=1S/C12H16BrNO/c1-2-15-12-6-5-9(13)8-10(12)11-4-3-7-14-11/h5-6,8,11,14H,2-4,7H2,1H3/p+1/t11-/m1/s1. The van der Waals surface area contributed by atoms with Gasteiger partial charge < -0.3 is 10.1 Å². The van der Waals surface area contributed by atoms with Gasteiger partial charge in [0.2, 0.25) is 0 Å². The SMILES string of the molecule is CCOc1ccc(Br)cc1[C@H]1CCC[NH2+]1. The molecule has 2 rings (SSSR count). The normalized spacial score (nSPS) is 20.5. The Morgan fingerprint density at radius 1 is 1.53 bits per heavy atom. The molecule has 1 aromatic carbocycles. The van der Waals surface area contributed by atoms with E-state index >= 15 is 0 Å². The molecule has 0 radical (unpaired) electrons. The van der Waals surface area contributed by atoms with Crippen LogP contribution in [-0.2, 0) is 0 Å². The van der Waals surface area contributed by atoms with Crippen LogP contribution in [0, 0.1) is 0 Å². The van der Waals surface area contributed by atoms with Crippen molar-refractivity contribution in [2.75, 3.05) is 13.2 Å². The summed E-state index contributed by atoms with van der Waals surface area (Å²) in [6.45, 7) is 4.01. The molecule has 0 unspecified atom stereocenters. The second-order valence-corrected chi connectivity index (χ2v) is 4.80. The van der Waals surface area contributed by atoms with Gasteiger partial charge in [-0.25, -0.2) is 0 Å². The van der Waals surface area contributed by atoms with Crippen LogP contribution < -0.4 is 10.1 Å². The van der Waals surface area contributed by atoms with E-state index in [4.69, 9.17) is 4.74 Å². The number of hydrogen-bond donors (Lipinski definition) is 1. The zero-order valence-electron chi connectivity index (χ0n) is 9.00. The molecule has 82 valence electrons. The number of halogens is 1. The minimum absolute atomic E-state index is 0.587. The Morgan fingerprint density at radius 2 is 2.40 bits per heavy atom. The third-order valence-corrected chi connectivity index (χ3v) is 3.33. The smallest absolute Gasteiger partial charge is 0.128 e. The summed E-state index contributed by atoms with van der Waals surface area (Å²) in [5, 5.41) is 2.41. The summed E-state index contributed by atoms with van der Waals surface area (Å²) in [5.41, 5.74) is 1.34. The molecule has 0 spiro atoms. The highest BCUT2D eigenvalue weighted by atomic mass is 79.9. The van der Waals surface area contributed by atoms with Gasteiger partial charge >= 0.3 is 0 Å². The van der Waals surface area contributed by atoms with E-state index in [2.05, 4.69) is 33.4 Å². The van der Waals surface area contributed by atoms with Crippen molar-refractivity contribution < 1.29 is 10.1 Å². The van der Waals surface area contributed by atoms with Crippen LogP contribution in [0.15, 0.2) is 22.7 Å². The third-order valence-electron chi connectivity index (χ3n) is 2.84. The van der Waals surface area contributed by atoms with E-state index in [1.807, 2.05) is 13.0 Å². The van der Waals surface area contributed by atoms with Crippen LogP contribution in [0.5, 0.6) is 5.75 Å². The maximum absolute atomic E-state index is 5.66. The van der Waals surface area contributed by atoms with Crippen LogP contribution >= 0.6 is 15.9 Å². The Morgan fingerprint density at radius 3 is 3.07 bits per heavy atom. The first-order chi connectivity index (χ1) is 7.31. The van der Waals surface area contributed by atoms with Gasteiger partial charge in [-0.15, -0.1) is 0 Å². The van der Waals surface area contributed by atoms with Gasteiger partial charge in [-0.1, -0.05) is 15.9 Å². The van der Waals surface area contributed by atoms with E-state index in [9.17, 15) is 0 Å². The number of ether oxygens (including phenoxy) is 1. The Hall–Kier alpha value is -0.540. The van der Waals surface area contributed by atoms with Crippen LogP contribution in [-0.4, -0.2) is 13.2 Å². The van der Waals surface area contributed by atoms with Crippen molar-refractivity contribution in [2.24, 2.45) is 0 Å². The highest BCUT2D eigenvalue weighted by molar-refractivity contribution is 9.10. The van der Waals surface area contributed by atoms with Gasteiger partial charge in [-0.2, -0.15) is 0 Å². The zero-order chi connectivity index (χ0) is 10.7. The molecule has 1 atom stereocenters. The number of quaternary nitrogens is 1. The van der Waals surface area contributed by atoms with Crippen LogP contribution in [0.1, 0.15) is 31.4 Å². The lowest BCUT2D eigenvalue weighted by Crippen LogP contribution is -2.81. The van der Waals surface area contributed by atoms with Crippen molar-refractivity contribution in [3.63, 3.8) is 0 Å². The summed E-state index contributed by atoms with van der Waals surface area (Å²) < 4.78 is 6.80. The first kappa shape index (κ1) is 11.0. The van der Waals surface area contributed by atoms with Gasteiger partial charge in [0, 0.05) is 17.3 Å².